The molecule has 2 saturated heterocycles. The van der Waals surface area contributed by atoms with Gasteiger partial charge in [-0.05, 0) is 24.5 Å². The summed E-state index contributed by atoms with van der Waals surface area (Å²) in [6.45, 7) is 5.38. The number of hydrogen-bond acceptors (Lipinski definition) is 4. The molecule has 1 atom stereocenters. The molecule has 0 saturated carbocycles. The third kappa shape index (κ3) is 3.80. The average Bonchev–Trinajstić information content (AvgIpc) is 2.57. The van der Waals surface area contributed by atoms with Gasteiger partial charge in [0, 0.05) is 44.6 Å². The predicted molar refractivity (Wildman–Crippen MR) is 79.9 cm³/mol. The number of nitrogens with zero attached hydrogens (tertiary/aromatic N) is 3. The molecule has 3 heterocycles. The van der Waals surface area contributed by atoms with E-state index in [2.05, 4.69) is 9.88 Å². The first-order valence-corrected chi connectivity index (χ1v) is 7.81. The van der Waals surface area contributed by atoms with Crippen LogP contribution in [0, 0.1) is 0 Å². The van der Waals surface area contributed by atoms with Gasteiger partial charge in [-0.25, -0.2) is 0 Å². The maximum Gasteiger partial charge on any atom is 0.227 e. The Labute approximate surface area is 125 Å². The average molecular weight is 289 g/mol. The van der Waals surface area contributed by atoms with Crippen LogP contribution in [0.1, 0.15) is 18.4 Å². The van der Waals surface area contributed by atoms with Crippen LogP contribution in [-0.4, -0.2) is 66.1 Å². The van der Waals surface area contributed by atoms with E-state index in [1.165, 1.54) is 6.42 Å². The van der Waals surface area contributed by atoms with E-state index in [-0.39, 0.29) is 5.91 Å². The van der Waals surface area contributed by atoms with Crippen molar-refractivity contribution in [1.29, 1.82) is 0 Å². The highest BCUT2D eigenvalue weighted by Crippen LogP contribution is 2.18. The summed E-state index contributed by atoms with van der Waals surface area (Å²) in [5.74, 6) is 0.223. The molecule has 2 aliphatic rings. The second-order valence-electron chi connectivity index (χ2n) is 5.82. The number of hydrogen-bond donors (Lipinski definition) is 0. The molecule has 2 fully saturated rings. The molecule has 0 aromatic carbocycles. The smallest absolute Gasteiger partial charge is 0.227 e. The second kappa shape index (κ2) is 7.00. The van der Waals surface area contributed by atoms with E-state index in [1.54, 1.807) is 12.4 Å². The third-order valence-corrected chi connectivity index (χ3v) is 4.39. The molecule has 5 nitrogen and oxygen atoms in total. The molecule has 1 unspecified atom stereocenters. The van der Waals surface area contributed by atoms with Crippen molar-refractivity contribution in [2.24, 2.45) is 0 Å². The molecule has 5 heteroatoms. The lowest BCUT2D eigenvalue weighted by Crippen LogP contribution is -2.53. The number of piperidine rings is 1. The van der Waals surface area contributed by atoms with Crippen LogP contribution < -0.4 is 0 Å². The Balaban J connectivity index is 1.56. The fraction of sp³-hybridized carbons (Fsp3) is 0.625. The minimum Gasteiger partial charge on any atom is -0.379 e. The monoisotopic (exact) mass is 289 g/mol. The van der Waals surface area contributed by atoms with Crippen LogP contribution in [0.3, 0.4) is 0 Å². The molecular weight excluding hydrogens is 266 g/mol. The first kappa shape index (κ1) is 14.5. The molecular formula is C16H23N3O2. The first-order valence-electron chi connectivity index (χ1n) is 7.81. The zero-order chi connectivity index (χ0) is 14.5. The Morgan fingerprint density at radius 3 is 2.95 bits per heavy atom. The second-order valence-corrected chi connectivity index (χ2v) is 5.82. The quantitative estimate of drug-likeness (QED) is 0.831. The van der Waals surface area contributed by atoms with E-state index in [1.807, 2.05) is 17.0 Å². The van der Waals surface area contributed by atoms with Crippen molar-refractivity contribution in [2.45, 2.75) is 25.3 Å². The summed E-state index contributed by atoms with van der Waals surface area (Å²) in [7, 11) is 0. The van der Waals surface area contributed by atoms with Gasteiger partial charge in [-0.2, -0.15) is 0 Å². The Bertz CT molecular complexity index is 460. The van der Waals surface area contributed by atoms with E-state index in [4.69, 9.17) is 4.74 Å². The van der Waals surface area contributed by atoms with Gasteiger partial charge in [0.2, 0.25) is 5.91 Å². The lowest BCUT2D eigenvalue weighted by atomic mass is 10.0. The number of ether oxygens (including phenoxy) is 1. The zero-order valence-electron chi connectivity index (χ0n) is 12.4. The molecule has 1 aromatic heterocycles. The van der Waals surface area contributed by atoms with Crippen LogP contribution in [0.2, 0.25) is 0 Å². The molecule has 0 spiro atoms. The van der Waals surface area contributed by atoms with E-state index >= 15 is 0 Å². The fourth-order valence-electron chi connectivity index (χ4n) is 3.21. The zero-order valence-corrected chi connectivity index (χ0v) is 12.4. The minimum atomic E-state index is 0.223. The largest absolute Gasteiger partial charge is 0.379 e. The van der Waals surface area contributed by atoms with Gasteiger partial charge in [0.15, 0.2) is 0 Å². The van der Waals surface area contributed by atoms with E-state index in [0.29, 0.717) is 12.5 Å². The number of morpholine rings is 1. The maximum atomic E-state index is 12.5. The number of amides is 1. The van der Waals surface area contributed by atoms with Crippen LogP contribution in [0.4, 0.5) is 0 Å². The number of carbonyl (C=O) groups is 1. The molecule has 0 N–H and O–H groups in total. The number of carbonyl (C=O) groups excluding carboxylic acids is 1. The van der Waals surface area contributed by atoms with Gasteiger partial charge in [-0.15, -0.1) is 0 Å². The molecule has 0 bridgehead atoms. The predicted octanol–water partition coefficient (Wildman–Crippen LogP) is 0.947. The highest BCUT2D eigenvalue weighted by Gasteiger charge is 2.28. The number of aromatic nitrogens is 1. The van der Waals surface area contributed by atoms with Crippen LogP contribution >= 0.6 is 0 Å². The van der Waals surface area contributed by atoms with E-state index in [9.17, 15) is 4.79 Å². The van der Waals surface area contributed by atoms with Crippen molar-refractivity contribution in [3.05, 3.63) is 30.1 Å². The lowest BCUT2D eigenvalue weighted by Gasteiger charge is -2.40. The fourth-order valence-corrected chi connectivity index (χ4v) is 3.21. The molecule has 0 radical (unpaired) electrons. The standard InChI is InChI=1S/C16H23N3O2/c20-16(11-14-3-1-5-17-12-14)19-6-2-4-15(13-19)18-7-9-21-10-8-18/h1,3,5,12,15H,2,4,6-11,13H2. The van der Waals surface area contributed by atoms with Crippen molar-refractivity contribution in [3.63, 3.8) is 0 Å². The SMILES string of the molecule is O=C(Cc1cccnc1)N1CCCC(N2CCOCC2)C1. The molecule has 21 heavy (non-hydrogen) atoms. The molecule has 3 rings (SSSR count). The van der Waals surface area contributed by atoms with Crippen LogP contribution in [-0.2, 0) is 16.0 Å². The van der Waals surface area contributed by atoms with Gasteiger partial charge in [0.25, 0.3) is 0 Å². The molecule has 2 aliphatic heterocycles. The van der Waals surface area contributed by atoms with Gasteiger partial charge < -0.3 is 9.64 Å². The summed E-state index contributed by atoms with van der Waals surface area (Å²) in [5.41, 5.74) is 0.996. The topological polar surface area (TPSA) is 45.7 Å². The highest BCUT2D eigenvalue weighted by molar-refractivity contribution is 5.78. The van der Waals surface area contributed by atoms with Gasteiger partial charge in [0.05, 0.1) is 19.6 Å². The van der Waals surface area contributed by atoms with Crippen LogP contribution in [0.5, 0.6) is 0 Å². The minimum absolute atomic E-state index is 0.223. The van der Waals surface area contributed by atoms with Crippen molar-refractivity contribution in [3.8, 4) is 0 Å². The summed E-state index contributed by atoms with van der Waals surface area (Å²) >= 11 is 0. The summed E-state index contributed by atoms with van der Waals surface area (Å²) in [4.78, 5) is 21.0. The summed E-state index contributed by atoms with van der Waals surface area (Å²) < 4.78 is 5.41. The normalized spacial score (nSPS) is 24.0. The van der Waals surface area contributed by atoms with Crippen molar-refractivity contribution >= 4 is 5.91 Å². The molecule has 114 valence electrons. The Morgan fingerprint density at radius 1 is 1.33 bits per heavy atom. The van der Waals surface area contributed by atoms with Crippen LogP contribution in [0.15, 0.2) is 24.5 Å². The third-order valence-electron chi connectivity index (χ3n) is 4.39. The number of rotatable bonds is 3. The molecule has 1 amide bonds. The van der Waals surface area contributed by atoms with Crippen molar-refractivity contribution < 1.29 is 9.53 Å². The van der Waals surface area contributed by atoms with E-state index < -0.39 is 0 Å². The Morgan fingerprint density at radius 2 is 2.19 bits per heavy atom. The van der Waals surface area contributed by atoms with Crippen molar-refractivity contribution in [1.82, 2.24) is 14.8 Å². The van der Waals surface area contributed by atoms with Crippen LogP contribution in [0.25, 0.3) is 0 Å². The van der Waals surface area contributed by atoms with Gasteiger partial charge in [-0.3, -0.25) is 14.7 Å². The molecule has 1 aromatic rings. The van der Waals surface area contributed by atoms with Gasteiger partial charge in [0.1, 0.15) is 0 Å². The van der Waals surface area contributed by atoms with Gasteiger partial charge in [-0.1, -0.05) is 6.07 Å². The number of pyridine rings is 1. The van der Waals surface area contributed by atoms with Crippen molar-refractivity contribution in [2.75, 3.05) is 39.4 Å². The lowest BCUT2D eigenvalue weighted by molar-refractivity contribution is -0.133. The molecule has 0 aliphatic carbocycles. The maximum absolute atomic E-state index is 12.5. The number of likely N-dealkylation sites (tertiary alicyclic amines) is 1. The highest BCUT2D eigenvalue weighted by atomic mass is 16.5. The summed E-state index contributed by atoms with van der Waals surface area (Å²) in [6.07, 6.45) is 6.27. The first-order chi connectivity index (χ1) is 10.3. The Kier molecular flexibility index (Phi) is 4.83. The Hall–Kier alpha value is -1.46. The summed E-state index contributed by atoms with van der Waals surface area (Å²) in [6, 6.07) is 4.35. The van der Waals surface area contributed by atoms with E-state index in [0.717, 1.165) is 51.4 Å². The summed E-state index contributed by atoms with van der Waals surface area (Å²) in [5, 5.41) is 0. The van der Waals surface area contributed by atoms with Gasteiger partial charge >= 0.3 is 0 Å².